The Labute approximate surface area is 119 Å². The number of hydrogen-bond donors (Lipinski definition) is 1. The van der Waals surface area contributed by atoms with Crippen molar-refractivity contribution in [2.75, 3.05) is 0 Å². The van der Waals surface area contributed by atoms with Crippen molar-refractivity contribution in [2.24, 2.45) is 0 Å². The van der Waals surface area contributed by atoms with Gasteiger partial charge in [0.1, 0.15) is 18.1 Å². The number of halogens is 1. The number of carboxylic acids is 1. The Morgan fingerprint density at radius 1 is 1.37 bits per heavy atom. The van der Waals surface area contributed by atoms with Gasteiger partial charge in [-0.05, 0) is 37.6 Å². The monoisotopic (exact) mass is 324 g/mol. The third-order valence-corrected chi connectivity index (χ3v) is 3.26. The molecule has 1 aromatic carbocycles. The zero-order valence-electron chi connectivity index (χ0n) is 10.6. The molecule has 0 aliphatic carbocycles. The van der Waals surface area contributed by atoms with E-state index in [1.807, 2.05) is 25.1 Å². The summed E-state index contributed by atoms with van der Waals surface area (Å²) in [6.07, 6.45) is 0. The molecule has 1 N–H and O–H groups in total. The van der Waals surface area contributed by atoms with Crippen molar-refractivity contribution < 1.29 is 19.1 Å². The van der Waals surface area contributed by atoms with E-state index in [-0.39, 0.29) is 12.4 Å². The van der Waals surface area contributed by atoms with Crippen molar-refractivity contribution in [1.29, 1.82) is 0 Å². The zero-order valence-corrected chi connectivity index (χ0v) is 12.2. The Morgan fingerprint density at radius 2 is 2.11 bits per heavy atom. The number of carboxylic acid groups (broad SMARTS) is 1. The number of ether oxygens (including phenoxy) is 1. The topological polar surface area (TPSA) is 59.7 Å². The van der Waals surface area contributed by atoms with Crippen LogP contribution in [0, 0.1) is 13.8 Å². The molecule has 0 amide bonds. The van der Waals surface area contributed by atoms with E-state index in [9.17, 15) is 4.79 Å². The van der Waals surface area contributed by atoms with Gasteiger partial charge in [0.25, 0.3) is 0 Å². The minimum absolute atomic E-state index is 0.0675. The lowest BCUT2D eigenvalue weighted by Crippen LogP contribution is -1.97. The molecule has 0 unspecified atom stereocenters. The van der Waals surface area contributed by atoms with E-state index in [0.717, 1.165) is 21.3 Å². The Hall–Kier alpha value is -1.75. The maximum atomic E-state index is 10.8. The fourth-order valence-corrected chi connectivity index (χ4v) is 1.99. The molecule has 0 bridgehead atoms. The van der Waals surface area contributed by atoms with E-state index >= 15 is 0 Å². The van der Waals surface area contributed by atoms with Crippen LogP contribution in [0.25, 0.3) is 0 Å². The molecule has 19 heavy (non-hydrogen) atoms. The highest BCUT2D eigenvalue weighted by molar-refractivity contribution is 9.10. The predicted molar refractivity (Wildman–Crippen MR) is 73.6 cm³/mol. The molecular weight excluding hydrogens is 312 g/mol. The molecule has 0 saturated carbocycles. The Morgan fingerprint density at radius 3 is 2.74 bits per heavy atom. The quantitative estimate of drug-likeness (QED) is 0.925. The largest absolute Gasteiger partial charge is 0.488 e. The van der Waals surface area contributed by atoms with Crippen LogP contribution in [0.2, 0.25) is 0 Å². The first-order valence-electron chi connectivity index (χ1n) is 5.69. The lowest BCUT2D eigenvalue weighted by Gasteiger charge is -2.08. The maximum absolute atomic E-state index is 10.8. The van der Waals surface area contributed by atoms with E-state index in [1.54, 1.807) is 6.92 Å². The van der Waals surface area contributed by atoms with Crippen molar-refractivity contribution in [3.05, 3.63) is 51.4 Å². The molecule has 0 atom stereocenters. The summed E-state index contributed by atoms with van der Waals surface area (Å²) in [4.78, 5) is 10.8. The van der Waals surface area contributed by atoms with Gasteiger partial charge in [-0.3, -0.25) is 0 Å². The highest BCUT2D eigenvalue weighted by atomic mass is 79.9. The minimum atomic E-state index is -1.08. The Kier molecular flexibility index (Phi) is 3.95. The molecule has 0 aliphatic rings. The van der Waals surface area contributed by atoms with E-state index in [0.29, 0.717) is 5.76 Å². The van der Waals surface area contributed by atoms with E-state index in [2.05, 4.69) is 15.9 Å². The van der Waals surface area contributed by atoms with Crippen LogP contribution in [0.1, 0.15) is 27.4 Å². The van der Waals surface area contributed by atoms with Crippen LogP contribution in [-0.2, 0) is 6.61 Å². The summed E-state index contributed by atoms with van der Waals surface area (Å²) in [5.41, 5.74) is 1.75. The highest BCUT2D eigenvalue weighted by Gasteiger charge is 2.13. The van der Waals surface area contributed by atoms with Gasteiger partial charge in [-0.2, -0.15) is 0 Å². The molecule has 2 rings (SSSR count). The molecule has 1 heterocycles. The van der Waals surface area contributed by atoms with Gasteiger partial charge >= 0.3 is 5.97 Å². The molecule has 0 fully saturated rings. The first-order valence-corrected chi connectivity index (χ1v) is 6.48. The normalized spacial score (nSPS) is 10.5. The summed E-state index contributed by atoms with van der Waals surface area (Å²) < 4.78 is 11.8. The second-order valence-corrected chi connectivity index (χ2v) is 5.11. The second-order valence-electron chi connectivity index (χ2n) is 4.20. The molecule has 0 aliphatic heterocycles. The summed E-state index contributed by atoms with van der Waals surface area (Å²) in [6, 6.07) is 7.26. The first-order chi connectivity index (χ1) is 8.97. The van der Waals surface area contributed by atoms with Crippen LogP contribution in [0.15, 0.2) is 33.2 Å². The molecule has 4 nitrogen and oxygen atoms in total. The Bertz CT molecular complexity index is 616. The number of rotatable bonds is 4. The van der Waals surface area contributed by atoms with Gasteiger partial charge in [-0.15, -0.1) is 0 Å². The third kappa shape index (κ3) is 3.17. The smallest absolute Gasteiger partial charge is 0.371 e. The fraction of sp³-hybridized carbons (Fsp3) is 0.214. The van der Waals surface area contributed by atoms with Crippen molar-refractivity contribution in [2.45, 2.75) is 20.5 Å². The van der Waals surface area contributed by atoms with Gasteiger partial charge < -0.3 is 14.3 Å². The summed E-state index contributed by atoms with van der Waals surface area (Å²) in [5.74, 6) is 0.173. The highest BCUT2D eigenvalue weighted by Crippen LogP contribution is 2.25. The number of carbonyl (C=O) groups is 1. The van der Waals surface area contributed by atoms with E-state index in [4.69, 9.17) is 14.3 Å². The van der Waals surface area contributed by atoms with Crippen molar-refractivity contribution in [1.82, 2.24) is 0 Å². The second kappa shape index (κ2) is 5.48. The van der Waals surface area contributed by atoms with Gasteiger partial charge in [0, 0.05) is 10.0 Å². The SMILES string of the molecule is Cc1ccc(Br)cc1OCc1cc(C(=O)O)oc1C. The molecular formula is C14H13BrO4. The van der Waals surface area contributed by atoms with Crippen molar-refractivity contribution >= 4 is 21.9 Å². The summed E-state index contributed by atoms with van der Waals surface area (Å²) in [7, 11) is 0. The van der Waals surface area contributed by atoms with Crippen molar-refractivity contribution in [3.8, 4) is 5.75 Å². The summed E-state index contributed by atoms with van der Waals surface area (Å²) in [6.45, 7) is 3.95. The number of benzene rings is 1. The molecule has 100 valence electrons. The average Bonchev–Trinajstić information content (AvgIpc) is 2.72. The molecule has 5 heteroatoms. The molecule has 0 radical (unpaired) electrons. The predicted octanol–water partition coefficient (Wildman–Crippen LogP) is 3.94. The van der Waals surface area contributed by atoms with Crippen LogP contribution >= 0.6 is 15.9 Å². The van der Waals surface area contributed by atoms with Gasteiger partial charge in [-0.25, -0.2) is 4.79 Å². The lowest BCUT2D eigenvalue weighted by molar-refractivity contribution is 0.0661. The van der Waals surface area contributed by atoms with Gasteiger partial charge in [0.05, 0.1) is 0 Å². The van der Waals surface area contributed by atoms with Gasteiger partial charge in [0.2, 0.25) is 5.76 Å². The maximum Gasteiger partial charge on any atom is 0.371 e. The third-order valence-electron chi connectivity index (χ3n) is 2.76. The standard InChI is InChI=1S/C14H13BrO4/c1-8-3-4-11(15)6-12(8)18-7-10-5-13(14(16)17)19-9(10)2/h3-6H,7H2,1-2H3,(H,16,17). The Balaban J connectivity index is 2.14. The van der Waals surface area contributed by atoms with Gasteiger partial charge in [-0.1, -0.05) is 22.0 Å². The number of hydrogen-bond acceptors (Lipinski definition) is 3. The first kappa shape index (κ1) is 13.7. The van der Waals surface area contributed by atoms with Gasteiger partial charge in [0.15, 0.2) is 0 Å². The summed E-state index contributed by atoms with van der Waals surface area (Å²) in [5, 5.41) is 8.85. The minimum Gasteiger partial charge on any atom is -0.488 e. The molecule has 0 saturated heterocycles. The van der Waals surface area contributed by atoms with Crippen molar-refractivity contribution in [3.63, 3.8) is 0 Å². The van der Waals surface area contributed by atoms with Crippen LogP contribution in [0.4, 0.5) is 0 Å². The number of furan rings is 1. The summed E-state index contributed by atoms with van der Waals surface area (Å²) >= 11 is 3.38. The van der Waals surface area contributed by atoms with Crippen LogP contribution in [-0.4, -0.2) is 11.1 Å². The molecule has 2 aromatic rings. The van der Waals surface area contributed by atoms with Crippen LogP contribution in [0.3, 0.4) is 0 Å². The molecule has 0 spiro atoms. The average molecular weight is 325 g/mol. The fourth-order valence-electron chi connectivity index (χ4n) is 1.65. The zero-order chi connectivity index (χ0) is 14.0. The number of aromatic carboxylic acids is 1. The lowest BCUT2D eigenvalue weighted by atomic mass is 10.2. The van der Waals surface area contributed by atoms with Crippen LogP contribution < -0.4 is 4.74 Å². The van der Waals surface area contributed by atoms with E-state index in [1.165, 1.54) is 6.07 Å². The molecule has 1 aromatic heterocycles. The van der Waals surface area contributed by atoms with Crippen LogP contribution in [0.5, 0.6) is 5.75 Å². The number of aryl methyl sites for hydroxylation is 2. The van der Waals surface area contributed by atoms with E-state index < -0.39 is 5.97 Å².